The van der Waals surface area contributed by atoms with Crippen LogP contribution in [0.2, 0.25) is 0 Å². The first kappa shape index (κ1) is 18.3. The third-order valence-corrected chi connectivity index (χ3v) is 3.89. The second-order valence-corrected chi connectivity index (χ2v) is 5.81. The van der Waals surface area contributed by atoms with Crippen molar-refractivity contribution in [3.63, 3.8) is 0 Å². The summed E-state index contributed by atoms with van der Waals surface area (Å²) in [6.45, 7) is 0.817. The van der Waals surface area contributed by atoms with Crippen molar-refractivity contribution >= 4 is 11.8 Å². The lowest BCUT2D eigenvalue weighted by Crippen LogP contribution is -2.10. The number of hydrogen-bond acceptors (Lipinski definition) is 7. The van der Waals surface area contributed by atoms with Crippen LogP contribution in [0.1, 0.15) is 11.1 Å². The summed E-state index contributed by atoms with van der Waals surface area (Å²) in [6.07, 6.45) is 2.20. The Morgan fingerprint density at radius 2 is 1.70 bits per heavy atom. The van der Waals surface area contributed by atoms with Crippen LogP contribution in [0.3, 0.4) is 0 Å². The van der Waals surface area contributed by atoms with E-state index in [-0.39, 0.29) is 5.95 Å². The first-order valence-corrected chi connectivity index (χ1v) is 8.50. The molecule has 0 aliphatic rings. The smallest absolute Gasteiger partial charge is 0.221 e. The summed E-state index contributed by atoms with van der Waals surface area (Å²) in [5.41, 5.74) is 13.2. The number of rotatable bonds is 8. The molecule has 0 saturated heterocycles. The number of nitrogen functional groups attached to an aromatic ring is 2. The van der Waals surface area contributed by atoms with Crippen LogP contribution in [0.15, 0.2) is 54.7 Å². The largest absolute Gasteiger partial charge is 0.493 e. The molecule has 3 aromatic rings. The third kappa shape index (κ3) is 5.01. The Morgan fingerprint density at radius 1 is 0.926 bits per heavy atom. The standard InChI is InChI=1S/C20H22N4O3/c1-25-17-8-7-14(11-15-13-23-20(22)24-19(15)21)12-18(17)27-10-9-26-16-5-3-2-4-6-16/h2-8,12-13H,9-11H2,1H3,(H4,21,22,23,24). The summed E-state index contributed by atoms with van der Waals surface area (Å²) in [4.78, 5) is 7.98. The number of hydrogen-bond donors (Lipinski definition) is 2. The highest BCUT2D eigenvalue weighted by Crippen LogP contribution is 2.29. The maximum absolute atomic E-state index is 5.91. The van der Waals surface area contributed by atoms with Crippen molar-refractivity contribution in [2.75, 3.05) is 31.8 Å². The van der Waals surface area contributed by atoms with Crippen molar-refractivity contribution in [3.8, 4) is 17.2 Å². The summed E-state index contributed by atoms with van der Waals surface area (Å²) >= 11 is 0. The summed E-state index contributed by atoms with van der Waals surface area (Å²) in [7, 11) is 1.61. The Bertz CT molecular complexity index is 888. The van der Waals surface area contributed by atoms with Crippen LogP contribution in [-0.2, 0) is 6.42 Å². The van der Waals surface area contributed by atoms with Gasteiger partial charge >= 0.3 is 0 Å². The minimum atomic E-state index is 0.161. The fourth-order valence-electron chi connectivity index (χ4n) is 2.56. The number of benzene rings is 2. The van der Waals surface area contributed by atoms with E-state index in [9.17, 15) is 0 Å². The van der Waals surface area contributed by atoms with Gasteiger partial charge in [-0.1, -0.05) is 24.3 Å². The van der Waals surface area contributed by atoms with Crippen molar-refractivity contribution in [1.82, 2.24) is 9.97 Å². The van der Waals surface area contributed by atoms with Gasteiger partial charge < -0.3 is 25.7 Å². The highest BCUT2D eigenvalue weighted by Gasteiger charge is 2.09. The quantitative estimate of drug-likeness (QED) is 0.590. The first-order valence-electron chi connectivity index (χ1n) is 8.50. The maximum Gasteiger partial charge on any atom is 0.221 e. The Balaban J connectivity index is 1.64. The predicted molar refractivity (Wildman–Crippen MR) is 104 cm³/mol. The zero-order valence-corrected chi connectivity index (χ0v) is 15.1. The molecule has 2 aromatic carbocycles. The van der Waals surface area contributed by atoms with E-state index >= 15 is 0 Å². The second-order valence-electron chi connectivity index (χ2n) is 5.81. The first-order chi connectivity index (χ1) is 13.2. The molecule has 0 unspecified atom stereocenters. The third-order valence-electron chi connectivity index (χ3n) is 3.89. The van der Waals surface area contributed by atoms with Crippen molar-refractivity contribution in [3.05, 3.63) is 65.9 Å². The molecule has 0 saturated carbocycles. The predicted octanol–water partition coefficient (Wildman–Crippen LogP) is 2.70. The lowest BCUT2D eigenvalue weighted by atomic mass is 10.1. The normalized spacial score (nSPS) is 10.4. The van der Waals surface area contributed by atoms with Gasteiger partial charge in [-0.15, -0.1) is 0 Å². The highest BCUT2D eigenvalue weighted by molar-refractivity contribution is 5.48. The van der Waals surface area contributed by atoms with E-state index in [4.69, 9.17) is 25.7 Å². The topological polar surface area (TPSA) is 106 Å². The van der Waals surface area contributed by atoms with Gasteiger partial charge in [0.05, 0.1) is 7.11 Å². The SMILES string of the molecule is COc1ccc(Cc2cnc(N)nc2N)cc1OCCOc1ccccc1. The molecule has 7 nitrogen and oxygen atoms in total. The Labute approximate surface area is 157 Å². The fourth-order valence-corrected chi connectivity index (χ4v) is 2.56. The average molecular weight is 366 g/mol. The number of nitrogens with two attached hydrogens (primary N) is 2. The van der Waals surface area contributed by atoms with Crippen LogP contribution in [0, 0.1) is 0 Å². The monoisotopic (exact) mass is 366 g/mol. The number of para-hydroxylation sites is 1. The molecular weight excluding hydrogens is 344 g/mol. The van der Waals surface area contributed by atoms with E-state index in [0.717, 1.165) is 16.9 Å². The average Bonchev–Trinajstić information content (AvgIpc) is 2.68. The van der Waals surface area contributed by atoms with E-state index in [0.29, 0.717) is 37.0 Å². The van der Waals surface area contributed by atoms with Crippen LogP contribution < -0.4 is 25.7 Å². The van der Waals surface area contributed by atoms with Crippen molar-refractivity contribution < 1.29 is 14.2 Å². The molecule has 4 N–H and O–H groups in total. The van der Waals surface area contributed by atoms with Gasteiger partial charge in [-0.3, -0.25) is 0 Å². The molecule has 0 spiro atoms. The molecule has 0 aliphatic carbocycles. The van der Waals surface area contributed by atoms with Crippen LogP contribution in [0.4, 0.5) is 11.8 Å². The summed E-state index contributed by atoms with van der Waals surface area (Å²) in [5, 5.41) is 0. The molecule has 0 bridgehead atoms. The Kier molecular flexibility index (Phi) is 5.94. The molecule has 0 atom stereocenters. The van der Waals surface area contributed by atoms with Crippen LogP contribution in [-0.4, -0.2) is 30.3 Å². The minimum Gasteiger partial charge on any atom is -0.493 e. The Morgan fingerprint density at radius 3 is 2.44 bits per heavy atom. The van der Waals surface area contributed by atoms with Crippen LogP contribution >= 0.6 is 0 Å². The van der Waals surface area contributed by atoms with Gasteiger partial charge in [-0.2, -0.15) is 4.98 Å². The molecule has 0 aliphatic heterocycles. The zero-order valence-electron chi connectivity index (χ0n) is 15.1. The minimum absolute atomic E-state index is 0.161. The highest BCUT2D eigenvalue weighted by atomic mass is 16.5. The molecule has 0 fully saturated rings. The molecule has 7 heteroatoms. The van der Waals surface area contributed by atoms with Gasteiger partial charge in [0.25, 0.3) is 0 Å². The van der Waals surface area contributed by atoms with Gasteiger partial charge in [0, 0.05) is 18.2 Å². The van der Waals surface area contributed by atoms with Crippen molar-refractivity contribution in [2.45, 2.75) is 6.42 Å². The van der Waals surface area contributed by atoms with Gasteiger partial charge in [0.1, 0.15) is 24.8 Å². The molecule has 1 aromatic heterocycles. The number of aromatic nitrogens is 2. The summed E-state index contributed by atoms with van der Waals surface area (Å²) in [6, 6.07) is 15.3. The lowest BCUT2D eigenvalue weighted by molar-refractivity contribution is 0.211. The summed E-state index contributed by atoms with van der Waals surface area (Å²) in [5.74, 6) is 2.63. The lowest BCUT2D eigenvalue weighted by Gasteiger charge is -2.13. The molecule has 27 heavy (non-hydrogen) atoms. The molecule has 140 valence electrons. The van der Waals surface area contributed by atoms with E-state index in [1.807, 2.05) is 48.5 Å². The zero-order chi connectivity index (χ0) is 19.1. The van der Waals surface area contributed by atoms with Crippen LogP contribution in [0.5, 0.6) is 17.2 Å². The van der Waals surface area contributed by atoms with Crippen LogP contribution in [0.25, 0.3) is 0 Å². The Hall–Kier alpha value is -3.48. The molecule has 0 amide bonds. The number of ether oxygens (including phenoxy) is 3. The number of anilines is 2. The molecule has 0 radical (unpaired) electrons. The van der Waals surface area contributed by atoms with E-state index in [1.54, 1.807) is 13.3 Å². The fraction of sp³-hybridized carbons (Fsp3) is 0.200. The molecular formula is C20H22N4O3. The summed E-state index contributed by atoms with van der Waals surface area (Å²) < 4.78 is 16.9. The number of methoxy groups -OCH3 is 1. The van der Waals surface area contributed by atoms with Gasteiger partial charge in [0.2, 0.25) is 5.95 Å². The van der Waals surface area contributed by atoms with Gasteiger partial charge in [-0.25, -0.2) is 4.98 Å². The van der Waals surface area contributed by atoms with Crippen molar-refractivity contribution in [2.24, 2.45) is 0 Å². The molecule has 3 rings (SSSR count). The van der Waals surface area contributed by atoms with E-state index < -0.39 is 0 Å². The maximum atomic E-state index is 5.91. The molecule has 1 heterocycles. The second kappa shape index (κ2) is 8.75. The van der Waals surface area contributed by atoms with E-state index in [2.05, 4.69) is 9.97 Å². The van der Waals surface area contributed by atoms with Gasteiger partial charge in [-0.05, 0) is 29.8 Å². The number of nitrogens with zero attached hydrogens (tertiary/aromatic N) is 2. The van der Waals surface area contributed by atoms with Gasteiger partial charge in [0.15, 0.2) is 11.5 Å². The van der Waals surface area contributed by atoms with Crippen molar-refractivity contribution in [1.29, 1.82) is 0 Å². The van der Waals surface area contributed by atoms with E-state index in [1.165, 1.54) is 0 Å².